The standard InChI is InChI=1S/C16H20N2O2/c1-18-14-9-5-4-8-12(14)13(10-15(18)19)16(20)17-11-6-2-3-7-11/h4-5,8-9,11,13H,2-3,6-7,10H2,1H3,(H,17,20). The second-order valence-electron chi connectivity index (χ2n) is 5.76. The Morgan fingerprint density at radius 3 is 2.70 bits per heavy atom. The number of amides is 2. The zero-order valence-electron chi connectivity index (χ0n) is 11.8. The molecular formula is C16H20N2O2. The zero-order valence-corrected chi connectivity index (χ0v) is 11.8. The summed E-state index contributed by atoms with van der Waals surface area (Å²) in [6.45, 7) is 0. The van der Waals surface area contributed by atoms with Gasteiger partial charge >= 0.3 is 0 Å². The highest BCUT2D eigenvalue weighted by Gasteiger charge is 2.34. The molecule has 0 saturated heterocycles. The first-order valence-electron chi connectivity index (χ1n) is 7.32. The summed E-state index contributed by atoms with van der Waals surface area (Å²) < 4.78 is 0. The largest absolute Gasteiger partial charge is 0.353 e. The molecule has 1 aliphatic heterocycles. The van der Waals surface area contributed by atoms with Gasteiger partial charge in [-0.25, -0.2) is 0 Å². The van der Waals surface area contributed by atoms with Gasteiger partial charge in [-0.05, 0) is 24.5 Å². The van der Waals surface area contributed by atoms with Gasteiger partial charge in [0.15, 0.2) is 0 Å². The Kier molecular flexibility index (Phi) is 3.47. The number of hydrogen-bond donors (Lipinski definition) is 1. The number of rotatable bonds is 2. The van der Waals surface area contributed by atoms with Gasteiger partial charge in [-0.2, -0.15) is 0 Å². The van der Waals surface area contributed by atoms with Gasteiger partial charge in [-0.1, -0.05) is 31.0 Å². The maximum Gasteiger partial charge on any atom is 0.228 e. The average molecular weight is 272 g/mol. The van der Waals surface area contributed by atoms with Crippen molar-refractivity contribution in [3.8, 4) is 0 Å². The van der Waals surface area contributed by atoms with Crippen molar-refractivity contribution in [3.05, 3.63) is 29.8 Å². The van der Waals surface area contributed by atoms with Gasteiger partial charge in [-0.15, -0.1) is 0 Å². The normalized spacial score (nSPS) is 22.8. The molecule has 2 amide bonds. The van der Waals surface area contributed by atoms with E-state index in [1.54, 1.807) is 11.9 Å². The third-order valence-corrected chi connectivity index (χ3v) is 4.44. The van der Waals surface area contributed by atoms with Gasteiger partial charge in [0.05, 0.1) is 5.92 Å². The van der Waals surface area contributed by atoms with Gasteiger partial charge in [0.25, 0.3) is 0 Å². The van der Waals surface area contributed by atoms with E-state index in [-0.39, 0.29) is 24.2 Å². The van der Waals surface area contributed by atoms with E-state index in [0.717, 1.165) is 24.1 Å². The predicted molar refractivity (Wildman–Crippen MR) is 77.6 cm³/mol. The van der Waals surface area contributed by atoms with E-state index in [1.807, 2.05) is 24.3 Å². The minimum absolute atomic E-state index is 0.00537. The summed E-state index contributed by atoms with van der Waals surface area (Å²) >= 11 is 0. The Morgan fingerprint density at radius 2 is 1.95 bits per heavy atom. The first kappa shape index (κ1) is 13.2. The molecule has 106 valence electrons. The molecule has 4 heteroatoms. The number of carbonyl (C=O) groups is 2. The molecule has 3 rings (SSSR count). The summed E-state index contributed by atoms with van der Waals surface area (Å²) in [4.78, 5) is 26.2. The van der Waals surface area contributed by atoms with E-state index >= 15 is 0 Å². The SMILES string of the molecule is CN1C(=O)CC(C(=O)NC2CCCC2)c2ccccc21. The van der Waals surface area contributed by atoms with Crippen LogP contribution in [0.3, 0.4) is 0 Å². The first-order valence-corrected chi connectivity index (χ1v) is 7.32. The summed E-state index contributed by atoms with van der Waals surface area (Å²) in [6, 6.07) is 7.99. The van der Waals surface area contributed by atoms with E-state index in [1.165, 1.54) is 12.8 Å². The fraction of sp³-hybridized carbons (Fsp3) is 0.500. The van der Waals surface area contributed by atoms with E-state index in [9.17, 15) is 9.59 Å². The molecule has 0 radical (unpaired) electrons. The van der Waals surface area contributed by atoms with Gasteiger partial charge in [-0.3, -0.25) is 9.59 Å². The molecule has 1 aliphatic carbocycles. The minimum atomic E-state index is -0.338. The summed E-state index contributed by atoms with van der Waals surface area (Å²) in [5.74, 6) is -0.323. The number of hydrogen-bond acceptors (Lipinski definition) is 2. The Morgan fingerprint density at radius 1 is 1.25 bits per heavy atom. The molecule has 1 N–H and O–H groups in total. The number of carbonyl (C=O) groups excluding carboxylic acids is 2. The number of fused-ring (bicyclic) bond motifs is 1. The molecular weight excluding hydrogens is 252 g/mol. The Hall–Kier alpha value is -1.84. The zero-order chi connectivity index (χ0) is 14.1. The third kappa shape index (κ3) is 2.30. The van der Waals surface area contributed by atoms with Crippen molar-refractivity contribution in [2.45, 2.75) is 44.1 Å². The smallest absolute Gasteiger partial charge is 0.228 e. The lowest BCUT2D eigenvalue weighted by Crippen LogP contribution is -2.42. The maximum atomic E-state index is 12.5. The predicted octanol–water partition coefficient (Wildman–Crippen LogP) is 2.20. The van der Waals surface area contributed by atoms with Crippen LogP contribution in [0.25, 0.3) is 0 Å². The fourth-order valence-corrected chi connectivity index (χ4v) is 3.25. The molecule has 2 aliphatic rings. The van der Waals surface area contributed by atoms with E-state index in [2.05, 4.69) is 5.32 Å². The highest BCUT2D eigenvalue weighted by atomic mass is 16.2. The Balaban J connectivity index is 1.84. The topological polar surface area (TPSA) is 49.4 Å². The van der Waals surface area contributed by atoms with E-state index in [0.29, 0.717) is 6.04 Å². The number of nitrogens with one attached hydrogen (secondary N) is 1. The number of para-hydroxylation sites is 1. The summed E-state index contributed by atoms with van der Waals surface area (Å²) in [6.07, 6.45) is 4.77. The van der Waals surface area contributed by atoms with Crippen LogP contribution in [0, 0.1) is 0 Å². The lowest BCUT2D eigenvalue weighted by molar-refractivity contribution is -0.127. The second kappa shape index (κ2) is 5.27. The van der Waals surface area contributed by atoms with Crippen molar-refractivity contribution in [2.24, 2.45) is 0 Å². The van der Waals surface area contributed by atoms with Crippen molar-refractivity contribution >= 4 is 17.5 Å². The van der Waals surface area contributed by atoms with Crippen LogP contribution in [0.1, 0.15) is 43.6 Å². The lowest BCUT2D eigenvalue weighted by atomic mass is 9.88. The molecule has 0 bridgehead atoms. The average Bonchev–Trinajstić information content (AvgIpc) is 2.95. The van der Waals surface area contributed by atoms with Crippen molar-refractivity contribution in [1.82, 2.24) is 5.32 Å². The van der Waals surface area contributed by atoms with Crippen molar-refractivity contribution in [2.75, 3.05) is 11.9 Å². The van der Waals surface area contributed by atoms with Crippen LogP contribution in [-0.4, -0.2) is 24.9 Å². The summed E-state index contributed by atoms with van der Waals surface area (Å²) in [7, 11) is 1.77. The van der Waals surface area contributed by atoms with Crippen LogP contribution in [0.5, 0.6) is 0 Å². The van der Waals surface area contributed by atoms with Crippen LogP contribution in [-0.2, 0) is 9.59 Å². The quantitative estimate of drug-likeness (QED) is 0.897. The van der Waals surface area contributed by atoms with Crippen LogP contribution < -0.4 is 10.2 Å². The highest BCUT2D eigenvalue weighted by Crippen LogP contribution is 2.35. The Labute approximate surface area is 119 Å². The number of anilines is 1. The highest BCUT2D eigenvalue weighted by molar-refractivity contribution is 6.02. The summed E-state index contributed by atoms with van der Waals surface area (Å²) in [5, 5.41) is 3.12. The van der Waals surface area contributed by atoms with Crippen LogP contribution in [0.4, 0.5) is 5.69 Å². The van der Waals surface area contributed by atoms with Crippen LogP contribution in [0.2, 0.25) is 0 Å². The Bertz CT molecular complexity index is 535. The van der Waals surface area contributed by atoms with Gasteiger partial charge < -0.3 is 10.2 Å². The van der Waals surface area contributed by atoms with E-state index in [4.69, 9.17) is 0 Å². The molecule has 0 spiro atoms. The van der Waals surface area contributed by atoms with Crippen LogP contribution in [0.15, 0.2) is 24.3 Å². The molecule has 1 fully saturated rings. The molecule has 1 aromatic carbocycles. The molecule has 1 unspecified atom stereocenters. The molecule has 1 heterocycles. The second-order valence-corrected chi connectivity index (χ2v) is 5.76. The van der Waals surface area contributed by atoms with Gasteiger partial charge in [0, 0.05) is 25.2 Å². The van der Waals surface area contributed by atoms with Crippen molar-refractivity contribution < 1.29 is 9.59 Å². The van der Waals surface area contributed by atoms with Gasteiger partial charge in [0.1, 0.15) is 0 Å². The van der Waals surface area contributed by atoms with Crippen molar-refractivity contribution in [1.29, 1.82) is 0 Å². The maximum absolute atomic E-state index is 12.5. The molecule has 1 saturated carbocycles. The molecule has 1 atom stereocenters. The van der Waals surface area contributed by atoms with Gasteiger partial charge in [0.2, 0.25) is 11.8 Å². The molecule has 4 nitrogen and oxygen atoms in total. The first-order chi connectivity index (χ1) is 9.66. The van der Waals surface area contributed by atoms with E-state index < -0.39 is 0 Å². The third-order valence-electron chi connectivity index (χ3n) is 4.44. The number of benzene rings is 1. The minimum Gasteiger partial charge on any atom is -0.353 e. The summed E-state index contributed by atoms with van der Waals surface area (Å²) in [5.41, 5.74) is 1.82. The fourth-order valence-electron chi connectivity index (χ4n) is 3.25. The van der Waals surface area contributed by atoms with Crippen LogP contribution >= 0.6 is 0 Å². The monoisotopic (exact) mass is 272 g/mol. The molecule has 20 heavy (non-hydrogen) atoms. The molecule has 1 aromatic rings. The molecule has 0 aromatic heterocycles. The number of nitrogens with zero attached hydrogens (tertiary/aromatic N) is 1. The van der Waals surface area contributed by atoms with Crippen molar-refractivity contribution in [3.63, 3.8) is 0 Å². The lowest BCUT2D eigenvalue weighted by Gasteiger charge is -2.31.